The summed E-state index contributed by atoms with van der Waals surface area (Å²) < 4.78 is 7.47. The first-order valence-corrected chi connectivity index (χ1v) is 8.27. The molecule has 7 nitrogen and oxygen atoms in total. The number of carbonyl (C=O) groups is 1. The number of nitrogens with zero attached hydrogens (tertiary/aromatic N) is 3. The number of ether oxygens (including phenoxy) is 1. The van der Waals surface area contributed by atoms with Crippen LogP contribution in [-0.4, -0.2) is 37.8 Å². The molecule has 0 radical (unpaired) electrons. The van der Waals surface area contributed by atoms with E-state index in [9.17, 15) is 9.90 Å². The van der Waals surface area contributed by atoms with Crippen molar-refractivity contribution in [2.75, 3.05) is 12.3 Å². The lowest BCUT2D eigenvalue weighted by molar-refractivity contribution is 0.0517. The number of anilines is 1. The topological polar surface area (TPSA) is 93.6 Å². The molecule has 1 amide bonds. The zero-order valence-electron chi connectivity index (χ0n) is 14.8. The molecule has 0 saturated heterocycles. The van der Waals surface area contributed by atoms with Gasteiger partial charge in [-0.2, -0.15) is 5.10 Å². The van der Waals surface area contributed by atoms with Crippen molar-refractivity contribution >= 4 is 11.6 Å². The molecule has 1 aromatic carbocycles. The lowest BCUT2D eigenvalue weighted by Gasteiger charge is -2.22. The highest BCUT2D eigenvalue weighted by molar-refractivity contribution is 5.99. The Morgan fingerprint density at radius 1 is 1.40 bits per heavy atom. The van der Waals surface area contributed by atoms with E-state index in [1.54, 1.807) is 41.8 Å². The van der Waals surface area contributed by atoms with E-state index >= 15 is 0 Å². The van der Waals surface area contributed by atoms with Crippen molar-refractivity contribution < 1.29 is 14.6 Å². The summed E-state index contributed by atoms with van der Waals surface area (Å²) in [6, 6.07) is 3.52. The van der Waals surface area contributed by atoms with E-state index in [0.29, 0.717) is 43.1 Å². The summed E-state index contributed by atoms with van der Waals surface area (Å²) in [7, 11) is 1.84. The standard InChI is InChI=1S/C18H24N4O3/c1-18(2,24)4-5-22-10-13-6-15(19)16(7-14(13)17(22)23)25-11-12-8-20-21(3)9-12/h6-9,24H,4-5,10-11,19H2,1-3H3. The molecular weight excluding hydrogens is 320 g/mol. The van der Waals surface area contributed by atoms with E-state index in [4.69, 9.17) is 10.5 Å². The highest BCUT2D eigenvalue weighted by Gasteiger charge is 2.29. The monoisotopic (exact) mass is 344 g/mol. The van der Waals surface area contributed by atoms with Crippen LogP contribution in [-0.2, 0) is 20.2 Å². The molecule has 3 N–H and O–H groups in total. The summed E-state index contributed by atoms with van der Waals surface area (Å²) in [4.78, 5) is 14.3. The number of benzene rings is 1. The van der Waals surface area contributed by atoms with Gasteiger partial charge in [0.15, 0.2) is 0 Å². The van der Waals surface area contributed by atoms with Crippen molar-refractivity contribution in [3.8, 4) is 5.75 Å². The Kier molecular flexibility index (Phi) is 4.43. The minimum Gasteiger partial charge on any atom is -0.487 e. The van der Waals surface area contributed by atoms with E-state index < -0.39 is 5.60 Å². The summed E-state index contributed by atoms with van der Waals surface area (Å²) in [6.45, 7) is 4.83. The fourth-order valence-corrected chi connectivity index (χ4v) is 2.84. The van der Waals surface area contributed by atoms with Gasteiger partial charge in [0.25, 0.3) is 5.91 Å². The van der Waals surface area contributed by atoms with Crippen molar-refractivity contribution in [3.63, 3.8) is 0 Å². The summed E-state index contributed by atoms with van der Waals surface area (Å²) in [5.74, 6) is 0.450. The second kappa shape index (κ2) is 6.40. The van der Waals surface area contributed by atoms with E-state index in [1.807, 2.05) is 13.2 Å². The Hall–Kier alpha value is -2.54. The van der Waals surface area contributed by atoms with Gasteiger partial charge in [-0.1, -0.05) is 0 Å². The third kappa shape index (κ3) is 3.93. The molecule has 1 aliphatic rings. The quantitative estimate of drug-likeness (QED) is 0.778. The van der Waals surface area contributed by atoms with Crippen molar-refractivity contribution in [2.24, 2.45) is 7.05 Å². The number of hydrogen-bond donors (Lipinski definition) is 2. The second-order valence-electron chi connectivity index (χ2n) is 7.15. The molecule has 7 heteroatoms. The van der Waals surface area contributed by atoms with Gasteiger partial charge in [-0.3, -0.25) is 9.48 Å². The first kappa shape index (κ1) is 17.3. The van der Waals surface area contributed by atoms with Crippen LogP contribution in [0.15, 0.2) is 24.5 Å². The average Bonchev–Trinajstić information content (AvgIpc) is 3.06. The molecule has 25 heavy (non-hydrogen) atoms. The number of hydrogen-bond acceptors (Lipinski definition) is 5. The van der Waals surface area contributed by atoms with E-state index in [-0.39, 0.29) is 5.91 Å². The Bertz CT molecular complexity index is 792. The molecular formula is C18H24N4O3. The van der Waals surface area contributed by atoms with Crippen LogP contribution in [0, 0.1) is 0 Å². The number of amides is 1. The van der Waals surface area contributed by atoms with Gasteiger partial charge < -0.3 is 20.5 Å². The minimum atomic E-state index is -0.800. The predicted molar refractivity (Wildman–Crippen MR) is 94.0 cm³/mol. The van der Waals surface area contributed by atoms with Gasteiger partial charge in [-0.25, -0.2) is 0 Å². The maximum absolute atomic E-state index is 12.6. The van der Waals surface area contributed by atoms with Crippen LogP contribution >= 0.6 is 0 Å². The van der Waals surface area contributed by atoms with Crippen LogP contribution in [0.5, 0.6) is 5.75 Å². The van der Waals surface area contributed by atoms with Crippen LogP contribution in [0.2, 0.25) is 0 Å². The fourth-order valence-electron chi connectivity index (χ4n) is 2.84. The lowest BCUT2D eigenvalue weighted by Crippen LogP contribution is -2.31. The highest BCUT2D eigenvalue weighted by atomic mass is 16.5. The molecule has 0 atom stereocenters. The van der Waals surface area contributed by atoms with Gasteiger partial charge in [-0.15, -0.1) is 0 Å². The Balaban J connectivity index is 1.72. The minimum absolute atomic E-state index is 0.0505. The van der Waals surface area contributed by atoms with E-state index in [2.05, 4.69) is 5.10 Å². The fraction of sp³-hybridized carbons (Fsp3) is 0.444. The van der Waals surface area contributed by atoms with E-state index in [1.165, 1.54) is 0 Å². The third-order valence-electron chi connectivity index (χ3n) is 4.26. The molecule has 3 rings (SSSR count). The summed E-state index contributed by atoms with van der Waals surface area (Å²) in [6.07, 6.45) is 4.12. The van der Waals surface area contributed by atoms with Crippen molar-refractivity contribution in [3.05, 3.63) is 41.2 Å². The Morgan fingerprint density at radius 2 is 2.16 bits per heavy atom. The summed E-state index contributed by atoms with van der Waals surface area (Å²) in [5.41, 5.74) is 8.24. The lowest BCUT2D eigenvalue weighted by atomic mass is 10.1. The van der Waals surface area contributed by atoms with Crippen molar-refractivity contribution in [1.29, 1.82) is 0 Å². The smallest absolute Gasteiger partial charge is 0.254 e. The van der Waals surface area contributed by atoms with Crippen LogP contribution in [0.4, 0.5) is 5.69 Å². The molecule has 1 aromatic heterocycles. The number of aliphatic hydroxyl groups is 1. The molecule has 2 heterocycles. The number of nitrogen functional groups attached to an aromatic ring is 1. The molecule has 0 saturated carbocycles. The Labute approximate surface area is 147 Å². The SMILES string of the molecule is Cn1cc(COc2cc3c(cc2N)CN(CCC(C)(C)O)C3=O)cn1. The van der Waals surface area contributed by atoms with Gasteiger partial charge in [-0.05, 0) is 38.0 Å². The summed E-state index contributed by atoms with van der Waals surface area (Å²) in [5, 5.41) is 14.0. The average molecular weight is 344 g/mol. The molecule has 0 unspecified atom stereocenters. The summed E-state index contributed by atoms with van der Waals surface area (Å²) >= 11 is 0. The first-order chi connectivity index (χ1) is 11.7. The molecule has 0 bridgehead atoms. The first-order valence-electron chi connectivity index (χ1n) is 8.27. The highest BCUT2D eigenvalue weighted by Crippen LogP contribution is 2.32. The maximum atomic E-state index is 12.6. The van der Waals surface area contributed by atoms with Gasteiger partial charge in [0.1, 0.15) is 12.4 Å². The molecule has 0 aliphatic carbocycles. The van der Waals surface area contributed by atoms with Crippen molar-refractivity contribution in [2.45, 2.75) is 39.0 Å². The number of fused-ring (bicyclic) bond motifs is 1. The second-order valence-corrected chi connectivity index (χ2v) is 7.15. The molecule has 0 spiro atoms. The molecule has 134 valence electrons. The van der Waals surface area contributed by atoms with Gasteiger partial charge >= 0.3 is 0 Å². The zero-order valence-corrected chi connectivity index (χ0v) is 14.8. The number of nitrogens with two attached hydrogens (primary N) is 1. The van der Waals surface area contributed by atoms with Crippen LogP contribution in [0.1, 0.15) is 41.8 Å². The number of aromatic nitrogens is 2. The largest absolute Gasteiger partial charge is 0.487 e. The zero-order chi connectivity index (χ0) is 18.2. The maximum Gasteiger partial charge on any atom is 0.254 e. The molecule has 0 fully saturated rings. The van der Waals surface area contributed by atoms with Gasteiger partial charge in [0.05, 0.1) is 17.5 Å². The van der Waals surface area contributed by atoms with Crippen LogP contribution in [0.25, 0.3) is 0 Å². The van der Waals surface area contributed by atoms with Crippen LogP contribution < -0.4 is 10.5 Å². The number of aryl methyl sites for hydroxylation is 1. The predicted octanol–water partition coefficient (Wildman–Crippen LogP) is 1.70. The van der Waals surface area contributed by atoms with Crippen molar-refractivity contribution in [1.82, 2.24) is 14.7 Å². The normalized spacial score (nSPS) is 14.1. The molecule has 1 aliphatic heterocycles. The van der Waals surface area contributed by atoms with E-state index in [0.717, 1.165) is 11.1 Å². The number of carbonyl (C=O) groups excluding carboxylic acids is 1. The van der Waals surface area contributed by atoms with Crippen LogP contribution in [0.3, 0.4) is 0 Å². The Morgan fingerprint density at radius 3 is 2.80 bits per heavy atom. The number of rotatable bonds is 6. The molecule has 2 aromatic rings. The van der Waals surface area contributed by atoms with Gasteiger partial charge in [0, 0.05) is 37.5 Å². The van der Waals surface area contributed by atoms with Gasteiger partial charge in [0.2, 0.25) is 0 Å². The third-order valence-corrected chi connectivity index (χ3v) is 4.26.